The van der Waals surface area contributed by atoms with Gasteiger partial charge in [0.1, 0.15) is 0 Å². The number of anilines is 2. The molecule has 0 amide bonds. The minimum Gasteiger partial charge on any atom is -0.397 e. The summed E-state index contributed by atoms with van der Waals surface area (Å²) >= 11 is 0. The summed E-state index contributed by atoms with van der Waals surface area (Å²) < 4.78 is 0. The van der Waals surface area contributed by atoms with E-state index in [0.29, 0.717) is 0 Å². The van der Waals surface area contributed by atoms with Gasteiger partial charge in [-0.1, -0.05) is 12.5 Å². The second-order valence-electron chi connectivity index (χ2n) is 6.95. The number of benzene rings is 1. The van der Waals surface area contributed by atoms with Crippen LogP contribution in [0.2, 0.25) is 0 Å². The van der Waals surface area contributed by atoms with Crippen molar-refractivity contribution in [3.63, 3.8) is 0 Å². The second kappa shape index (κ2) is 7.87. The van der Waals surface area contributed by atoms with Gasteiger partial charge in [-0.3, -0.25) is 0 Å². The molecule has 0 bridgehead atoms. The number of hydrogen-bond acceptors (Lipinski definition) is 3. The molecule has 3 nitrogen and oxygen atoms in total. The summed E-state index contributed by atoms with van der Waals surface area (Å²) in [6.45, 7) is 6.18. The van der Waals surface area contributed by atoms with Crippen molar-refractivity contribution in [1.29, 1.82) is 0 Å². The Bertz CT molecular complexity index is 460. The minimum absolute atomic E-state index is 0.970. The Kier molecular flexibility index (Phi) is 5.60. The number of aryl methyl sites for hydroxylation is 1. The molecule has 2 heterocycles. The first-order chi connectivity index (χ1) is 10.8. The largest absolute Gasteiger partial charge is 0.397 e. The highest BCUT2D eigenvalue weighted by atomic mass is 15.1. The van der Waals surface area contributed by atoms with Crippen LogP contribution in [0.3, 0.4) is 0 Å². The van der Waals surface area contributed by atoms with Gasteiger partial charge in [0.25, 0.3) is 0 Å². The highest BCUT2D eigenvalue weighted by Crippen LogP contribution is 2.27. The molecule has 22 heavy (non-hydrogen) atoms. The Morgan fingerprint density at radius 2 is 1.55 bits per heavy atom. The van der Waals surface area contributed by atoms with Crippen LogP contribution in [0.25, 0.3) is 0 Å². The highest BCUT2D eigenvalue weighted by Gasteiger charge is 2.14. The molecule has 2 N–H and O–H groups in total. The van der Waals surface area contributed by atoms with Gasteiger partial charge in [0.05, 0.1) is 11.4 Å². The van der Waals surface area contributed by atoms with Crippen molar-refractivity contribution < 1.29 is 0 Å². The first-order valence-corrected chi connectivity index (χ1v) is 9.19. The fraction of sp³-hybridized carbons (Fsp3) is 0.684. The molecule has 1 aromatic carbocycles. The maximum Gasteiger partial charge on any atom is 0.0600 e. The first-order valence-electron chi connectivity index (χ1n) is 9.19. The van der Waals surface area contributed by atoms with Crippen LogP contribution in [0.1, 0.15) is 50.5 Å². The molecule has 0 aromatic heterocycles. The van der Waals surface area contributed by atoms with E-state index in [4.69, 9.17) is 5.73 Å². The molecule has 2 aliphatic rings. The molecule has 0 unspecified atom stereocenters. The molecule has 0 radical (unpaired) electrons. The third-order valence-electron chi connectivity index (χ3n) is 5.18. The van der Waals surface area contributed by atoms with E-state index in [-0.39, 0.29) is 0 Å². The standard InChI is InChI=1S/C19H31N3/c20-18-16-17(8-7-13-21-11-3-1-4-12-21)9-10-19(18)22-14-5-2-6-15-22/h9-10,16H,1-8,11-15,20H2. The highest BCUT2D eigenvalue weighted by molar-refractivity contribution is 5.68. The maximum absolute atomic E-state index is 6.31. The summed E-state index contributed by atoms with van der Waals surface area (Å²) in [7, 11) is 0. The summed E-state index contributed by atoms with van der Waals surface area (Å²) in [5.41, 5.74) is 9.93. The topological polar surface area (TPSA) is 32.5 Å². The molecule has 3 heteroatoms. The zero-order valence-electron chi connectivity index (χ0n) is 13.9. The lowest BCUT2D eigenvalue weighted by atomic mass is 10.0. The lowest BCUT2D eigenvalue weighted by molar-refractivity contribution is 0.226. The summed E-state index contributed by atoms with van der Waals surface area (Å²) in [6.07, 6.45) is 10.6. The van der Waals surface area contributed by atoms with Crippen molar-refractivity contribution >= 4 is 11.4 Å². The van der Waals surface area contributed by atoms with Crippen LogP contribution in [-0.4, -0.2) is 37.6 Å². The van der Waals surface area contributed by atoms with E-state index in [0.717, 1.165) is 12.1 Å². The summed E-state index contributed by atoms with van der Waals surface area (Å²) in [6, 6.07) is 6.74. The van der Waals surface area contributed by atoms with Gasteiger partial charge >= 0.3 is 0 Å². The molecule has 2 saturated heterocycles. The van der Waals surface area contributed by atoms with Crippen LogP contribution in [-0.2, 0) is 6.42 Å². The van der Waals surface area contributed by atoms with Crippen molar-refractivity contribution in [2.24, 2.45) is 0 Å². The zero-order chi connectivity index (χ0) is 15.2. The molecule has 1 aromatic rings. The maximum atomic E-state index is 6.31. The monoisotopic (exact) mass is 301 g/mol. The molecule has 3 rings (SSSR count). The number of nitrogen functional groups attached to an aromatic ring is 1. The van der Waals surface area contributed by atoms with Crippen molar-refractivity contribution in [2.75, 3.05) is 43.4 Å². The van der Waals surface area contributed by atoms with Gasteiger partial charge in [0.2, 0.25) is 0 Å². The fourth-order valence-corrected chi connectivity index (χ4v) is 3.87. The number of likely N-dealkylation sites (tertiary alicyclic amines) is 1. The average molecular weight is 301 g/mol. The zero-order valence-corrected chi connectivity index (χ0v) is 13.9. The number of piperidine rings is 2. The molecule has 0 atom stereocenters. The summed E-state index contributed by atoms with van der Waals surface area (Å²) in [4.78, 5) is 5.07. The lowest BCUT2D eigenvalue weighted by Gasteiger charge is -2.30. The summed E-state index contributed by atoms with van der Waals surface area (Å²) in [5, 5.41) is 0. The predicted octanol–water partition coefficient (Wildman–Crippen LogP) is 3.68. The van der Waals surface area contributed by atoms with E-state index >= 15 is 0 Å². The van der Waals surface area contributed by atoms with E-state index < -0.39 is 0 Å². The predicted molar refractivity (Wildman–Crippen MR) is 95.5 cm³/mol. The van der Waals surface area contributed by atoms with Crippen molar-refractivity contribution in [2.45, 2.75) is 51.4 Å². The molecule has 0 saturated carbocycles. The van der Waals surface area contributed by atoms with Crippen LogP contribution in [0.15, 0.2) is 18.2 Å². The Hall–Kier alpha value is -1.22. The Morgan fingerprint density at radius 3 is 2.23 bits per heavy atom. The average Bonchev–Trinajstić information content (AvgIpc) is 2.57. The van der Waals surface area contributed by atoms with Crippen LogP contribution in [0, 0.1) is 0 Å². The number of nitrogens with two attached hydrogens (primary N) is 1. The SMILES string of the molecule is Nc1cc(CCCN2CCCCC2)ccc1N1CCCCC1. The minimum atomic E-state index is 0.970. The van der Waals surface area contributed by atoms with Gasteiger partial charge < -0.3 is 15.5 Å². The van der Waals surface area contributed by atoms with Gasteiger partial charge in [-0.05, 0) is 82.3 Å². The van der Waals surface area contributed by atoms with Gasteiger partial charge in [0, 0.05) is 13.1 Å². The first kappa shape index (κ1) is 15.7. The molecular formula is C19H31N3. The fourth-order valence-electron chi connectivity index (χ4n) is 3.87. The van der Waals surface area contributed by atoms with Crippen molar-refractivity contribution in [3.05, 3.63) is 23.8 Å². The number of hydrogen-bond donors (Lipinski definition) is 1. The molecule has 122 valence electrons. The second-order valence-corrected chi connectivity index (χ2v) is 6.95. The van der Waals surface area contributed by atoms with Crippen molar-refractivity contribution in [3.8, 4) is 0 Å². The molecule has 0 spiro atoms. The molecule has 2 aliphatic heterocycles. The van der Waals surface area contributed by atoms with Crippen LogP contribution in [0.4, 0.5) is 11.4 Å². The molecule has 2 fully saturated rings. The summed E-state index contributed by atoms with van der Waals surface area (Å²) in [5.74, 6) is 0. The Morgan fingerprint density at radius 1 is 0.864 bits per heavy atom. The van der Waals surface area contributed by atoms with E-state index in [1.807, 2.05) is 0 Å². The van der Waals surface area contributed by atoms with Gasteiger partial charge in [-0.15, -0.1) is 0 Å². The molecular weight excluding hydrogens is 270 g/mol. The van der Waals surface area contributed by atoms with E-state index in [2.05, 4.69) is 28.0 Å². The van der Waals surface area contributed by atoms with Gasteiger partial charge in [0.15, 0.2) is 0 Å². The Balaban J connectivity index is 1.50. The lowest BCUT2D eigenvalue weighted by Crippen LogP contribution is -2.30. The van der Waals surface area contributed by atoms with Crippen molar-refractivity contribution in [1.82, 2.24) is 4.90 Å². The quantitative estimate of drug-likeness (QED) is 0.842. The van der Waals surface area contributed by atoms with Gasteiger partial charge in [-0.2, -0.15) is 0 Å². The molecule has 0 aliphatic carbocycles. The van der Waals surface area contributed by atoms with E-state index in [1.54, 1.807) is 0 Å². The smallest absolute Gasteiger partial charge is 0.0600 e. The third kappa shape index (κ3) is 4.16. The van der Waals surface area contributed by atoms with Gasteiger partial charge in [-0.25, -0.2) is 0 Å². The Labute approximate surface area is 135 Å². The third-order valence-corrected chi connectivity index (χ3v) is 5.18. The van der Waals surface area contributed by atoms with Crippen LogP contribution in [0.5, 0.6) is 0 Å². The van der Waals surface area contributed by atoms with E-state index in [9.17, 15) is 0 Å². The van der Waals surface area contributed by atoms with Crippen LogP contribution < -0.4 is 10.6 Å². The van der Waals surface area contributed by atoms with Crippen LogP contribution >= 0.6 is 0 Å². The number of rotatable bonds is 5. The number of nitrogens with zero attached hydrogens (tertiary/aromatic N) is 2. The van der Waals surface area contributed by atoms with E-state index in [1.165, 1.54) is 88.9 Å². The normalized spacial score (nSPS) is 20.3.